The quantitative estimate of drug-likeness (QED) is 0.713. The molecule has 0 bridgehead atoms. The Morgan fingerprint density at radius 1 is 1.22 bits per heavy atom. The maximum Gasteiger partial charge on any atom is 0.152 e. The third-order valence-electron chi connectivity index (χ3n) is 3.18. The van der Waals surface area contributed by atoms with Crippen molar-refractivity contribution in [1.29, 1.82) is 0 Å². The molecular weight excluding hydrogens is 262 g/mol. The molecule has 1 fully saturated rings. The molecule has 0 unspecified atom stereocenters. The molecule has 1 aliphatic heterocycles. The van der Waals surface area contributed by atoms with Gasteiger partial charge in [-0.05, 0) is 0 Å². The van der Waals surface area contributed by atoms with Crippen molar-refractivity contribution in [3.63, 3.8) is 0 Å². The molecule has 0 amide bonds. The molecule has 1 aliphatic rings. The molecule has 0 aromatic heterocycles. The molecular formula is C13H19NO2SSi. The molecule has 1 aromatic carbocycles. The van der Waals surface area contributed by atoms with Gasteiger partial charge in [0.05, 0.1) is 21.0 Å². The van der Waals surface area contributed by atoms with Crippen molar-refractivity contribution in [3.8, 4) is 0 Å². The highest BCUT2D eigenvalue weighted by atomic mass is 32.2. The van der Waals surface area contributed by atoms with E-state index in [1.54, 1.807) is 0 Å². The van der Waals surface area contributed by atoms with E-state index < -0.39 is 19.4 Å². The molecule has 2 rings (SSSR count). The van der Waals surface area contributed by atoms with Crippen LogP contribution in [0, 0.1) is 0 Å². The second-order valence-electron chi connectivity index (χ2n) is 4.84. The predicted molar refractivity (Wildman–Crippen MR) is 78.9 cm³/mol. The molecule has 0 spiro atoms. The van der Waals surface area contributed by atoms with Crippen molar-refractivity contribution in [3.05, 3.63) is 42.1 Å². The predicted octanol–water partition coefficient (Wildman–Crippen LogP) is -0.275. The number of benzene rings is 1. The van der Waals surface area contributed by atoms with Gasteiger partial charge in [-0.15, -0.1) is 6.58 Å². The first kappa shape index (κ1) is 13.5. The maximum absolute atomic E-state index is 11.3. The van der Waals surface area contributed by atoms with Crippen LogP contribution in [0.15, 0.2) is 42.1 Å². The zero-order chi connectivity index (χ0) is 13.0. The first-order valence-electron chi connectivity index (χ1n) is 6.18. The van der Waals surface area contributed by atoms with E-state index in [9.17, 15) is 8.42 Å². The molecule has 0 aliphatic carbocycles. The van der Waals surface area contributed by atoms with Crippen molar-refractivity contribution in [2.24, 2.45) is 0 Å². The Hall–Kier alpha value is -0.913. The van der Waals surface area contributed by atoms with Gasteiger partial charge in [-0.1, -0.05) is 40.7 Å². The number of rotatable bonds is 4. The van der Waals surface area contributed by atoms with Crippen LogP contribution in [0.4, 0.5) is 0 Å². The van der Waals surface area contributed by atoms with Crippen LogP contribution in [-0.4, -0.2) is 54.0 Å². The Balaban J connectivity index is 1.82. The van der Waals surface area contributed by atoms with Crippen LogP contribution in [-0.2, 0) is 9.84 Å². The first-order chi connectivity index (χ1) is 8.55. The van der Waals surface area contributed by atoms with Crippen molar-refractivity contribution >= 4 is 24.5 Å². The Kier molecular flexibility index (Phi) is 4.37. The molecule has 98 valence electrons. The van der Waals surface area contributed by atoms with Gasteiger partial charge < -0.3 is 0 Å². The van der Waals surface area contributed by atoms with Crippen LogP contribution >= 0.6 is 0 Å². The average molecular weight is 281 g/mol. The monoisotopic (exact) mass is 281 g/mol. The first-order valence-corrected chi connectivity index (χ1v) is 9.42. The molecule has 0 saturated carbocycles. The lowest BCUT2D eigenvalue weighted by molar-refractivity contribution is 0.324. The van der Waals surface area contributed by atoms with Gasteiger partial charge in [0.15, 0.2) is 9.84 Å². The number of hydrogen-bond acceptors (Lipinski definition) is 3. The van der Waals surface area contributed by atoms with E-state index in [4.69, 9.17) is 0 Å². The van der Waals surface area contributed by atoms with Crippen LogP contribution < -0.4 is 5.19 Å². The molecule has 5 heteroatoms. The third-order valence-corrected chi connectivity index (χ3v) is 6.39. The minimum Gasteiger partial charge on any atom is -0.298 e. The Labute approximate surface area is 111 Å². The van der Waals surface area contributed by atoms with Gasteiger partial charge >= 0.3 is 0 Å². The lowest BCUT2D eigenvalue weighted by Crippen LogP contribution is -2.42. The van der Waals surface area contributed by atoms with Crippen molar-refractivity contribution in [2.75, 3.05) is 31.1 Å². The third kappa shape index (κ3) is 4.08. The normalized spacial score (nSPS) is 20.2. The van der Waals surface area contributed by atoms with Gasteiger partial charge in [-0.2, -0.15) is 0 Å². The zero-order valence-electron chi connectivity index (χ0n) is 10.5. The average Bonchev–Trinajstić information content (AvgIpc) is 2.33. The van der Waals surface area contributed by atoms with Crippen molar-refractivity contribution in [2.45, 2.75) is 0 Å². The van der Waals surface area contributed by atoms with E-state index in [-0.39, 0.29) is 0 Å². The van der Waals surface area contributed by atoms with Crippen LogP contribution in [0.1, 0.15) is 0 Å². The molecule has 0 N–H and O–H groups in total. The topological polar surface area (TPSA) is 37.4 Å². The summed E-state index contributed by atoms with van der Waals surface area (Å²) in [6.07, 6.45) is 0. The van der Waals surface area contributed by atoms with Gasteiger partial charge in [0.25, 0.3) is 0 Å². The fourth-order valence-corrected chi connectivity index (χ4v) is 4.96. The Morgan fingerprint density at radius 3 is 2.44 bits per heavy atom. The molecule has 3 nitrogen and oxygen atoms in total. The largest absolute Gasteiger partial charge is 0.298 e. The summed E-state index contributed by atoms with van der Waals surface area (Å²) in [5, 5.41) is 2.67. The highest BCUT2D eigenvalue weighted by molar-refractivity contribution is 7.91. The maximum atomic E-state index is 11.3. The molecule has 0 radical (unpaired) electrons. The highest BCUT2D eigenvalue weighted by Crippen LogP contribution is 2.05. The summed E-state index contributed by atoms with van der Waals surface area (Å²) in [7, 11) is -3.22. The van der Waals surface area contributed by atoms with E-state index in [0.717, 1.165) is 6.54 Å². The Morgan fingerprint density at radius 2 is 1.83 bits per heavy atom. The van der Waals surface area contributed by atoms with E-state index in [0.29, 0.717) is 24.6 Å². The summed E-state index contributed by atoms with van der Waals surface area (Å²) >= 11 is 0. The van der Waals surface area contributed by atoms with Gasteiger partial charge in [0, 0.05) is 19.6 Å². The zero-order valence-corrected chi connectivity index (χ0v) is 12.7. The Bertz CT molecular complexity index is 499. The van der Waals surface area contributed by atoms with E-state index >= 15 is 0 Å². The second kappa shape index (κ2) is 5.82. The summed E-state index contributed by atoms with van der Waals surface area (Å²) in [4.78, 5) is 2.21. The summed E-state index contributed by atoms with van der Waals surface area (Å²) < 4.78 is 22.7. The molecule has 1 aromatic rings. The molecule has 1 saturated heterocycles. The van der Waals surface area contributed by atoms with E-state index in [1.807, 2.05) is 6.07 Å². The minimum absolute atomic E-state index is 0.299. The highest BCUT2D eigenvalue weighted by Gasteiger charge is 2.21. The van der Waals surface area contributed by atoms with Gasteiger partial charge in [-0.25, -0.2) is 8.42 Å². The van der Waals surface area contributed by atoms with Gasteiger partial charge in [0.1, 0.15) is 0 Å². The van der Waals surface area contributed by atoms with Crippen LogP contribution in [0.25, 0.3) is 0 Å². The fourth-order valence-electron chi connectivity index (χ4n) is 2.17. The number of hydrogen-bond donors (Lipinski definition) is 0. The summed E-state index contributed by atoms with van der Waals surface area (Å²) in [5.74, 6) is 0.598. The minimum atomic E-state index is -2.77. The standard InChI is InChI=1S/C13H19NO2SSi/c1-12(18-13-5-3-2-4-6-13)11-14-7-9-17(15,16)10-8-14/h2-6H,1,7-11,18H2. The van der Waals surface area contributed by atoms with Gasteiger partial charge in [-0.3, -0.25) is 4.90 Å². The summed E-state index contributed by atoms with van der Waals surface area (Å²) in [5.41, 5.74) is 0. The van der Waals surface area contributed by atoms with E-state index in [2.05, 4.69) is 35.7 Å². The van der Waals surface area contributed by atoms with E-state index in [1.165, 1.54) is 10.4 Å². The molecule has 1 heterocycles. The van der Waals surface area contributed by atoms with Crippen LogP contribution in [0.2, 0.25) is 0 Å². The fraction of sp³-hybridized carbons (Fsp3) is 0.385. The SMILES string of the molecule is C=C(CN1CCS(=O)(=O)CC1)[SiH2]c1ccccc1. The van der Waals surface area contributed by atoms with Gasteiger partial charge in [0.2, 0.25) is 0 Å². The smallest absolute Gasteiger partial charge is 0.152 e. The summed E-state index contributed by atoms with van der Waals surface area (Å²) in [6, 6.07) is 10.4. The summed E-state index contributed by atoms with van der Waals surface area (Å²) in [6.45, 7) is 6.32. The van der Waals surface area contributed by atoms with Crippen molar-refractivity contribution < 1.29 is 8.42 Å². The van der Waals surface area contributed by atoms with Crippen LogP contribution in [0.5, 0.6) is 0 Å². The molecule has 0 atom stereocenters. The lowest BCUT2D eigenvalue weighted by atomic mass is 10.4. The van der Waals surface area contributed by atoms with Crippen LogP contribution in [0.3, 0.4) is 0 Å². The number of nitrogens with zero attached hydrogens (tertiary/aromatic N) is 1. The lowest BCUT2D eigenvalue weighted by Gasteiger charge is -2.27. The second-order valence-corrected chi connectivity index (χ2v) is 9.31. The number of sulfone groups is 1. The molecule has 18 heavy (non-hydrogen) atoms. The van der Waals surface area contributed by atoms with Crippen molar-refractivity contribution in [1.82, 2.24) is 4.90 Å².